The first-order valence-electron chi connectivity index (χ1n) is 8.76. The van der Waals surface area contributed by atoms with E-state index >= 15 is 0 Å². The molecule has 0 aliphatic carbocycles. The first-order chi connectivity index (χ1) is 13.9. The van der Waals surface area contributed by atoms with Gasteiger partial charge in [0.2, 0.25) is 10.0 Å². The Kier molecular flexibility index (Phi) is 4.91. The molecule has 0 amide bonds. The Bertz CT molecular complexity index is 1310. The molecule has 29 heavy (non-hydrogen) atoms. The van der Waals surface area contributed by atoms with E-state index in [4.69, 9.17) is 4.42 Å². The van der Waals surface area contributed by atoms with Crippen molar-refractivity contribution in [2.45, 2.75) is 11.8 Å². The fourth-order valence-electron chi connectivity index (χ4n) is 2.82. The number of aryl methyl sites for hydroxylation is 1. The molecule has 4 rings (SSSR count). The van der Waals surface area contributed by atoms with Gasteiger partial charge in [-0.05, 0) is 37.3 Å². The molecule has 0 spiro atoms. The van der Waals surface area contributed by atoms with Crippen LogP contribution in [0.5, 0.6) is 0 Å². The summed E-state index contributed by atoms with van der Waals surface area (Å²) in [5, 5.41) is 3.09. The summed E-state index contributed by atoms with van der Waals surface area (Å²) in [6.07, 6.45) is 3.76. The highest BCUT2D eigenvalue weighted by Crippen LogP contribution is 2.16. The smallest absolute Gasteiger partial charge is 0.408 e. The fourth-order valence-corrected chi connectivity index (χ4v) is 3.88. The molecule has 0 radical (unpaired) electrons. The van der Waals surface area contributed by atoms with E-state index in [9.17, 15) is 13.2 Å². The second kappa shape index (κ2) is 7.53. The number of aromatic nitrogens is 4. The zero-order chi connectivity index (χ0) is 20.4. The molecular weight excluding hydrogens is 396 g/mol. The summed E-state index contributed by atoms with van der Waals surface area (Å²) in [7, 11) is -3.74. The molecule has 3 aromatic heterocycles. The first-order valence-corrected chi connectivity index (χ1v) is 10.2. The van der Waals surface area contributed by atoms with E-state index in [1.807, 2.05) is 29.1 Å². The molecule has 10 nitrogen and oxygen atoms in total. The van der Waals surface area contributed by atoms with E-state index in [2.05, 4.69) is 25.0 Å². The lowest BCUT2D eigenvalue weighted by Crippen LogP contribution is -2.29. The number of sulfonamides is 1. The lowest BCUT2D eigenvalue weighted by molar-refractivity contribution is 0.555. The molecule has 0 saturated carbocycles. The molecule has 0 unspecified atom stereocenters. The van der Waals surface area contributed by atoms with Crippen molar-refractivity contribution in [3.8, 4) is 5.82 Å². The number of nitrogens with one attached hydrogen (secondary N) is 3. The van der Waals surface area contributed by atoms with Crippen LogP contribution in [0.2, 0.25) is 0 Å². The van der Waals surface area contributed by atoms with Crippen molar-refractivity contribution in [2.24, 2.45) is 0 Å². The minimum atomic E-state index is -3.74. The van der Waals surface area contributed by atoms with Crippen LogP contribution in [0, 0.1) is 6.92 Å². The maximum atomic E-state index is 12.5. The number of hydrogen-bond donors (Lipinski definition) is 3. The summed E-state index contributed by atoms with van der Waals surface area (Å²) in [6.45, 7) is 2.26. The van der Waals surface area contributed by atoms with Gasteiger partial charge in [0.15, 0.2) is 5.58 Å². The second-order valence-corrected chi connectivity index (χ2v) is 8.01. The second-order valence-electron chi connectivity index (χ2n) is 6.25. The summed E-state index contributed by atoms with van der Waals surface area (Å²) in [6, 6.07) is 9.75. The predicted molar refractivity (Wildman–Crippen MR) is 107 cm³/mol. The third kappa shape index (κ3) is 4.20. The van der Waals surface area contributed by atoms with Gasteiger partial charge in [0.05, 0.1) is 10.4 Å². The van der Waals surface area contributed by atoms with Crippen LogP contribution in [0.15, 0.2) is 62.9 Å². The molecule has 0 saturated heterocycles. The number of oxazole rings is 1. The van der Waals surface area contributed by atoms with Crippen molar-refractivity contribution in [3.05, 3.63) is 65.2 Å². The van der Waals surface area contributed by atoms with Crippen molar-refractivity contribution >= 4 is 26.9 Å². The predicted octanol–water partition coefficient (Wildman–Crippen LogP) is 1.40. The van der Waals surface area contributed by atoms with Crippen LogP contribution in [-0.2, 0) is 10.0 Å². The number of H-pyrrole nitrogens is 1. The molecule has 4 aromatic rings. The van der Waals surface area contributed by atoms with Crippen LogP contribution in [0.1, 0.15) is 5.82 Å². The minimum Gasteiger partial charge on any atom is -0.408 e. The Morgan fingerprint density at radius 1 is 1.14 bits per heavy atom. The van der Waals surface area contributed by atoms with Gasteiger partial charge in [-0.15, -0.1) is 0 Å². The van der Waals surface area contributed by atoms with Crippen LogP contribution < -0.4 is 15.8 Å². The van der Waals surface area contributed by atoms with Gasteiger partial charge >= 0.3 is 5.76 Å². The largest absolute Gasteiger partial charge is 0.417 e. The molecule has 0 fully saturated rings. The van der Waals surface area contributed by atoms with Gasteiger partial charge in [0.1, 0.15) is 17.5 Å². The molecule has 0 atom stereocenters. The van der Waals surface area contributed by atoms with Gasteiger partial charge in [-0.2, -0.15) is 0 Å². The number of anilines is 1. The zero-order valence-corrected chi connectivity index (χ0v) is 16.2. The summed E-state index contributed by atoms with van der Waals surface area (Å²) in [4.78, 5) is 22.4. The highest BCUT2D eigenvalue weighted by atomic mass is 32.2. The number of aromatic amines is 1. The van der Waals surface area contributed by atoms with Gasteiger partial charge in [0.25, 0.3) is 0 Å². The van der Waals surface area contributed by atoms with E-state index in [-0.39, 0.29) is 11.4 Å². The summed E-state index contributed by atoms with van der Waals surface area (Å²) >= 11 is 0. The minimum absolute atomic E-state index is 0.0369. The van der Waals surface area contributed by atoms with Crippen molar-refractivity contribution in [2.75, 3.05) is 18.4 Å². The quantitative estimate of drug-likeness (QED) is 0.389. The lowest BCUT2D eigenvalue weighted by Gasteiger charge is -2.10. The average Bonchev–Trinajstić information content (AvgIpc) is 3.33. The molecule has 0 bridgehead atoms. The zero-order valence-electron chi connectivity index (χ0n) is 15.4. The Labute approximate surface area is 165 Å². The van der Waals surface area contributed by atoms with Gasteiger partial charge < -0.3 is 14.3 Å². The average molecular weight is 414 g/mol. The van der Waals surface area contributed by atoms with Crippen molar-refractivity contribution in [1.82, 2.24) is 24.2 Å². The standard InChI is InChI=1S/C18H18N6O4S/c1-12-21-16(11-17(22-12)24-8-2-3-9-24)19-6-7-20-29(26,27)13-4-5-15-14(10-13)23-18(25)28-15/h2-5,8-11,20H,6-7H2,1H3,(H,23,25)(H,19,21,22). The molecule has 150 valence electrons. The normalized spacial score (nSPS) is 11.8. The molecule has 1 aromatic carbocycles. The summed E-state index contributed by atoms with van der Waals surface area (Å²) in [5.41, 5.74) is 0.623. The van der Waals surface area contributed by atoms with Crippen molar-refractivity contribution in [3.63, 3.8) is 0 Å². The topological polar surface area (TPSA) is 135 Å². The molecule has 3 N–H and O–H groups in total. The highest BCUT2D eigenvalue weighted by Gasteiger charge is 2.15. The van der Waals surface area contributed by atoms with Gasteiger partial charge in [-0.25, -0.2) is 27.9 Å². The molecule has 0 aliphatic rings. The lowest BCUT2D eigenvalue weighted by atomic mass is 10.3. The van der Waals surface area contributed by atoms with Crippen LogP contribution in [-0.4, -0.2) is 41.0 Å². The Morgan fingerprint density at radius 3 is 2.72 bits per heavy atom. The van der Waals surface area contributed by atoms with Gasteiger partial charge in [0, 0.05) is 31.5 Å². The third-order valence-corrected chi connectivity index (χ3v) is 5.58. The van der Waals surface area contributed by atoms with Crippen LogP contribution in [0.25, 0.3) is 16.9 Å². The SMILES string of the molecule is Cc1nc(NCCNS(=O)(=O)c2ccc3oc(=O)[nH]c3c2)cc(-n2cccc2)n1. The van der Waals surface area contributed by atoms with E-state index in [0.29, 0.717) is 35.1 Å². The van der Waals surface area contributed by atoms with Crippen LogP contribution >= 0.6 is 0 Å². The van der Waals surface area contributed by atoms with E-state index in [1.54, 1.807) is 13.0 Å². The maximum absolute atomic E-state index is 12.5. The van der Waals surface area contributed by atoms with Crippen LogP contribution in [0.4, 0.5) is 5.82 Å². The van der Waals surface area contributed by atoms with E-state index in [0.717, 1.165) is 0 Å². The highest BCUT2D eigenvalue weighted by molar-refractivity contribution is 7.89. The fraction of sp³-hybridized carbons (Fsp3) is 0.167. The maximum Gasteiger partial charge on any atom is 0.417 e. The molecule has 3 heterocycles. The number of benzene rings is 1. The van der Waals surface area contributed by atoms with Gasteiger partial charge in [-0.3, -0.25) is 4.98 Å². The number of fused-ring (bicyclic) bond motifs is 1. The third-order valence-electron chi connectivity index (χ3n) is 4.12. The molecule has 0 aliphatic heterocycles. The monoisotopic (exact) mass is 414 g/mol. The molecule has 11 heteroatoms. The summed E-state index contributed by atoms with van der Waals surface area (Å²) in [5.74, 6) is 1.28. The van der Waals surface area contributed by atoms with Gasteiger partial charge in [-0.1, -0.05) is 0 Å². The first kappa shape index (κ1) is 18.9. The van der Waals surface area contributed by atoms with E-state index < -0.39 is 15.8 Å². The Hall–Kier alpha value is -3.44. The molecular formula is C18H18N6O4S. The summed E-state index contributed by atoms with van der Waals surface area (Å²) < 4.78 is 34.2. The van der Waals surface area contributed by atoms with Crippen molar-refractivity contribution < 1.29 is 12.8 Å². The number of hydrogen-bond acceptors (Lipinski definition) is 7. The number of rotatable bonds is 7. The Morgan fingerprint density at radius 2 is 1.93 bits per heavy atom. The van der Waals surface area contributed by atoms with Crippen LogP contribution in [0.3, 0.4) is 0 Å². The Balaban J connectivity index is 1.40. The number of nitrogens with zero attached hydrogens (tertiary/aromatic N) is 3. The van der Waals surface area contributed by atoms with E-state index in [1.165, 1.54) is 18.2 Å². The van der Waals surface area contributed by atoms with Crippen molar-refractivity contribution in [1.29, 1.82) is 0 Å².